The van der Waals surface area contributed by atoms with E-state index >= 15 is 0 Å². The van der Waals surface area contributed by atoms with E-state index in [4.69, 9.17) is 0 Å². The zero-order chi connectivity index (χ0) is 21.7. The molecule has 3 aromatic rings. The Hall–Kier alpha value is -1.58. The fourth-order valence-electron chi connectivity index (χ4n) is 3.28. The SMILES string of the molecule is CC1=[C-]C(C)C(C)=C1C.Fc1ccc(-c2c[cH-]c3ccccc23)c(F)c1F.[CH3-].[CH3-].[Si]=[Zr]. The molecule has 1 atom stereocenters. The first-order chi connectivity index (χ1) is 13.8. The van der Waals surface area contributed by atoms with E-state index < -0.39 is 17.5 Å². The van der Waals surface area contributed by atoms with Crippen LogP contribution in [-0.2, 0) is 23.3 Å². The summed E-state index contributed by atoms with van der Waals surface area (Å²) in [7, 11) is 0. The Morgan fingerprint density at radius 1 is 0.903 bits per heavy atom. The van der Waals surface area contributed by atoms with Crippen LogP contribution in [0, 0.1) is 44.3 Å². The molecule has 0 amide bonds. The van der Waals surface area contributed by atoms with Gasteiger partial charge in [-0.1, -0.05) is 38.8 Å². The third-order valence-corrected chi connectivity index (χ3v) is 5.24. The number of halogens is 3. The molecule has 0 aromatic heterocycles. The molecule has 164 valence electrons. The first-order valence-corrected chi connectivity index (χ1v) is 13.3. The van der Waals surface area contributed by atoms with Gasteiger partial charge >= 0.3 is 30.2 Å². The molecule has 0 heterocycles. The maximum absolute atomic E-state index is 13.7. The van der Waals surface area contributed by atoms with Gasteiger partial charge in [-0.2, -0.15) is 11.1 Å². The first-order valence-electron chi connectivity index (χ1n) is 9.12. The molecule has 1 aliphatic rings. The molecule has 1 aliphatic carbocycles. The Bertz CT molecular complexity index is 1080. The predicted octanol–water partition coefficient (Wildman–Crippen LogP) is 7.88. The Morgan fingerprint density at radius 3 is 2.03 bits per heavy atom. The summed E-state index contributed by atoms with van der Waals surface area (Å²) in [6.45, 7) is 11.7. The summed E-state index contributed by atoms with van der Waals surface area (Å²) >= 11 is 1.36. The van der Waals surface area contributed by atoms with E-state index in [1.807, 2.05) is 30.3 Å². The van der Waals surface area contributed by atoms with Gasteiger partial charge in [-0.15, -0.1) is 53.6 Å². The van der Waals surface area contributed by atoms with Crippen molar-refractivity contribution in [3.05, 3.63) is 104 Å². The summed E-state index contributed by atoms with van der Waals surface area (Å²) in [5.41, 5.74) is 4.90. The number of rotatable bonds is 1. The first kappa shape index (κ1) is 29.4. The van der Waals surface area contributed by atoms with Gasteiger partial charge in [-0.25, -0.2) is 18.7 Å². The van der Waals surface area contributed by atoms with Crippen LogP contribution in [0.1, 0.15) is 27.7 Å². The van der Waals surface area contributed by atoms with Gasteiger partial charge in [0.25, 0.3) is 0 Å². The monoisotopic (exact) mass is 514 g/mol. The molecule has 0 saturated heterocycles. The normalized spacial score (nSPS) is 14.4. The van der Waals surface area contributed by atoms with Gasteiger partial charge in [0.05, 0.1) is 0 Å². The summed E-state index contributed by atoms with van der Waals surface area (Å²) in [6, 6.07) is 13.1. The fraction of sp³-hybridized carbons (Fsp3) is 0.192. The Labute approximate surface area is 201 Å². The van der Waals surface area contributed by atoms with E-state index in [9.17, 15) is 13.2 Å². The number of allylic oxidation sites excluding steroid dienone is 4. The topological polar surface area (TPSA) is 0 Å². The van der Waals surface area contributed by atoms with E-state index in [2.05, 4.69) is 40.7 Å². The molecule has 5 heteroatoms. The Morgan fingerprint density at radius 2 is 1.52 bits per heavy atom. The van der Waals surface area contributed by atoms with Crippen molar-refractivity contribution in [3.8, 4) is 11.1 Å². The average Bonchev–Trinajstić information content (AvgIpc) is 3.25. The molecule has 3 aromatic carbocycles. The third-order valence-electron chi connectivity index (χ3n) is 5.24. The molecule has 2 radical (unpaired) electrons. The van der Waals surface area contributed by atoms with Crippen LogP contribution in [0.15, 0.2) is 65.3 Å². The van der Waals surface area contributed by atoms with Crippen LogP contribution < -0.4 is 0 Å². The van der Waals surface area contributed by atoms with Gasteiger partial charge in [0.1, 0.15) is 0 Å². The van der Waals surface area contributed by atoms with Crippen LogP contribution >= 0.6 is 0 Å². The second kappa shape index (κ2) is 13.1. The summed E-state index contributed by atoms with van der Waals surface area (Å²) < 4.78 is 39.9. The van der Waals surface area contributed by atoms with Crippen molar-refractivity contribution < 1.29 is 36.5 Å². The second-order valence-corrected chi connectivity index (χ2v) is 6.86. The molecular weight excluding hydrogens is 489 g/mol. The summed E-state index contributed by atoms with van der Waals surface area (Å²) in [5, 5.41) is 1.76. The minimum atomic E-state index is -1.43. The van der Waals surface area contributed by atoms with Crippen LogP contribution in [0.2, 0.25) is 0 Å². The van der Waals surface area contributed by atoms with E-state index in [1.54, 1.807) is 6.07 Å². The van der Waals surface area contributed by atoms with Crippen LogP contribution in [0.25, 0.3) is 21.9 Å². The van der Waals surface area contributed by atoms with E-state index in [1.165, 1.54) is 46.1 Å². The summed E-state index contributed by atoms with van der Waals surface area (Å²) in [5.74, 6) is -3.19. The van der Waals surface area contributed by atoms with Crippen molar-refractivity contribution in [1.29, 1.82) is 0 Å². The van der Waals surface area contributed by atoms with Crippen molar-refractivity contribution in [2.45, 2.75) is 27.7 Å². The van der Waals surface area contributed by atoms with Gasteiger partial charge in [0.15, 0.2) is 17.5 Å². The molecule has 0 aliphatic heterocycles. The standard InChI is InChI=1S/C15H8F3.C9H13.2CH3.Si.Zr/c16-13-8-7-12(14(17)15(13)18)11-6-5-9-3-1-2-4-10(9)11;1-6-5-7(2)9(4)8(6)3;;;;/h1-8H;6H,1-4H3;2*1H3;;/q4*-1;;. The number of fused-ring (bicyclic) bond motifs is 1. The molecule has 0 fully saturated rings. The molecule has 4 rings (SSSR count). The van der Waals surface area contributed by atoms with Crippen molar-refractivity contribution in [1.82, 2.24) is 0 Å². The van der Waals surface area contributed by atoms with E-state index in [-0.39, 0.29) is 20.4 Å². The Balaban J connectivity index is 0.000000595. The Kier molecular flexibility index (Phi) is 12.4. The molecule has 31 heavy (non-hydrogen) atoms. The minimum absolute atomic E-state index is 0. The zero-order valence-corrected chi connectivity index (χ0v) is 22.3. The average molecular weight is 516 g/mol. The predicted molar refractivity (Wildman–Crippen MR) is 123 cm³/mol. The molecule has 0 spiro atoms. The summed E-state index contributed by atoms with van der Waals surface area (Å²) in [4.78, 5) is 0. The van der Waals surface area contributed by atoms with Gasteiger partial charge in [-0.05, 0) is 11.6 Å². The van der Waals surface area contributed by atoms with Gasteiger partial charge in [-0.3, -0.25) is 6.08 Å². The van der Waals surface area contributed by atoms with E-state index in [0.717, 1.165) is 16.8 Å². The molecule has 0 saturated carbocycles. The van der Waals surface area contributed by atoms with Gasteiger partial charge in [0.2, 0.25) is 0 Å². The van der Waals surface area contributed by atoms with Crippen molar-refractivity contribution in [3.63, 3.8) is 0 Å². The van der Waals surface area contributed by atoms with Crippen LogP contribution in [0.3, 0.4) is 0 Å². The molecule has 0 bridgehead atoms. The van der Waals surface area contributed by atoms with Crippen LogP contribution in [0.5, 0.6) is 0 Å². The molecule has 0 nitrogen and oxygen atoms in total. The van der Waals surface area contributed by atoms with Crippen molar-refractivity contribution in [2.24, 2.45) is 5.92 Å². The second-order valence-electron chi connectivity index (χ2n) is 6.86. The van der Waals surface area contributed by atoms with Crippen molar-refractivity contribution in [2.75, 3.05) is 0 Å². The number of hydrogen-bond donors (Lipinski definition) is 0. The van der Waals surface area contributed by atoms with Gasteiger partial charge < -0.3 is 14.9 Å². The molecule has 1 unspecified atom stereocenters. The fourth-order valence-corrected chi connectivity index (χ4v) is 3.28. The number of hydrogen-bond acceptors (Lipinski definition) is 0. The van der Waals surface area contributed by atoms with Gasteiger partial charge in [0, 0.05) is 0 Å². The number of benzene rings is 2. The third kappa shape index (κ3) is 6.46. The summed E-state index contributed by atoms with van der Waals surface area (Å²) in [6.07, 6.45) is 3.36. The quantitative estimate of drug-likeness (QED) is 0.176. The van der Waals surface area contributed by atoms with Crippen LogP contribution in [0.4, 0.5) is 13.2 Å². The zero-order valence-electron chi connectivity index (χ0n) is 18.8. The molecular formula is C26H27F3SiZr-4. The maximum atomic E-state index is 13.7. The van der Waals surface area contributed by atoms with Crippen molar-refractivity contribution >= 4 is 17.7 Å². The van der Waals surface area contributed by atoms with Crippen LogP contribution in [-0.4, -0.2) is 6.88 Å². The van der Waals surface area contributed by atoms with E-state index in [0.29, 0.717) is 11.5 Å². The molecule has 0 N–H and O–H groups in total.